The molecule has 0 unspecified atom stereocenters. The monoisotopic (exact) mass is 521 g/mol. The van der Waals surface area contributed by atoms with Crippen molar-refractivity contribution in [3.63, 3.8) is 0 Å². The van der Waals surface area contributed by atoms with E-state index in [1.165, 1.54) is 0 Å². The average molecular weight is 517 g/mol. The first-order valence-electron chi connectivity index (χ1n) is 0. The van der Waals surface area contributed by atoms with Gasteiger partial charge in [-0.15, -0.1) is 0 Å². The van der Waals surface area contributed by atoms with Gasteiger partial charge in [-0.3, -0.25) is 0 Å². The smallest absolute Gasteiger partial charge is 2.00 e. The van der Waals surface area contributed by atoms with Crippen LogP contribution in [0.15, 0.2) is 0 Å². The van der Waals surface area contributed by atoms with Crippen LogP contribution in [0.1, 0.15) is 0 Å². The Balaban J connectivity index is 0. The van der Waals surface area contributed by atoms with E-state index in [-0.39, 0.29) is 94.7 Å². The molecule has 0 rings (SSSR count). The second-order valence-electron chi connectivity index (χ2n) is 0. The summed E-state index contributed by atoms with van der Waals surface area (Å²) in [5, 5.41) is 0. The Morgan fingerprint density at radius 2 is 0.750 bits per heavy atom. The number of hydrogen-bond donors (Lipinski definition) is 0. The third-order valence-electron chi connectivity index (χ3n) is 0. The standard InChI is InChI=1S/Au.Dy.2Se/q2*+3;2*-2. The zero-order valence-corrected chi connectivity index (χ0v) is 9.06. The number of rotatable bonds is 0. The Hall–Kier alpha value is 3.05. The first-order chi connectivity index (χ1) is 0. The molecule has 0 aliphatic heterocycles. The molecular weight excluding hydrogens is 517 g/mol. The summed E-state index contributed by atoms with van der Waals surface area (Å²) in [7, 11) is 0. The van der Waals surface area contributed by atoms with Crippen molar-refractivity contribution in [2.75, 3.05) is 0 Å². The maximum absolute atomic E-state index is 0. The molecule has 0 amide bonds. The van der Waals surface area contributed by atoms with Crippen LogP contribution in [-0.4, -0.2) is 34.1 Å². The van der Waals surface area contributed by atoms with E-state index in [4.69, 9.17) is 0 Å². The van der Waals surface area contributed by atoms with E-state index in [1.807, 2.05) is 0 Å². The molecule has 0 N–H and O–H groups in total. The minimum Gasteiger partial charge on any atom is -2.00 e. The normalized spacial score (nSPS) is 0. The first-order valence-corrected chi connectivity index (χ1v) is 0. The minimum atomic E-state index is 0. The second-order valence-corrected chi connectivity index (χ2v) is 0. The maximum atomic E-state index is 0. The van der Waals surface area contributed by atoms with Crippen LogP contribution in [0.2, 0.25) is 0 Å². The van der Waals surface area contributed by atoms with Gasteiger partial charge < -0.3 is 34.1 Å². The molecule has 0 aromatic carbocycles. The van der Waals surface area contributed by atoms with Gasteiger partial charge in [-0.25, -0.2) is 0 Å². The van der Waals surface area contributed by atoms with Crippen molar-refractivity contribution in [3.05, 3.63) is 0 Å². The fourth-order valence-electron chi connectivity index (χ4n) is 0. The Morgan fingerprint density at radius 3 is 0.750 bits per heavy atom. The van der Waals surface area contributed by atoms with E-state index in [0.29, 0.717) is 0 Å². The van der Waals surface area contributed by atoms with Crippen LogP contribution in [-0.2, 0) is 22.4 Å². The predicted octanol–water partition coefficient (Wildman–Crippen LogP) is -0.764. The Labute approximate surface area is 92.7 Å². The molecule has 0 heterocycles. The molecule has 0 saturated carbocycles. The van der Waals surface area contributed by atoms with Crippen molar-refractivity contribution in [1.29, 1.82) is 0 Å². The average Bonchev–Trinajstić information content (AvgIpc) is 0. The van der Waals surface area contributed by atoms with Crippen LogP contribution < -0.4 is 0 Å². The summed E-state index contributed by atoms with van der Waals surface area (Å²) < 4.78 is 0. The minimum absolute atomic E-state index is 0. The van der Waals surface area contributed by atoms with Gasteiger partial charge in [0.05, 0.1) is 0 Å². The molecule has 0 saturated heterocycles. The summed E-state index contributed by atoms with van der Waals surface area (Å²) in [5.74, 6) is 0. The van der Waals surface area contributed by atoms with Gasteiger partial charge in [0.15, 0.2) is 0 Å². The Kier molecular flexibility index (Phi) is 115. The predicted molar refractivity (Wildman–Crippen MR) is 11.5 cm³/mol. The van der Waals surface area contributed by atoms with E-state index in [1.54, 1.807) is 0 Å². The zero-order chi connectivity index (χ0) is 0. The molecule has 0 fully saturated rings. The van der Waals surface area contributed by atoms with Gasteiger partial charge in [0, 0.05) is 0 Å². The summed E-state index contributed by atoms with van der Waals surface area (Å²) in [6.45, 7) is 0. The Morgan fingerprint density at radius 1 is 0.750 bits per heavy atom. The van der Waals surface area contributed by atoms with E-state index < -0.39 is 0 Å². The third kappa shape index (κ3) is 8.90. The maximum Gasteiger partial charge on any atom is 3.00 e. The summed E-state index contributed by atoms with van der Waals surface area (Å²) in [6, 6.07) is 0. The van der Waals surface area contributed by atoms with E-state index >= 15 is 0 Å². The van der Waals surface area contributed by atoms with Crippen LogP contribution in [0.3, 0.4) is 0 Å². The largest absolute Gasteiger partial charge is 3.00 e. The second kappa shape index (κ2) is 16.6. The topological polar surface area (TPSA) is 0 Å². The van der Waals surface area contributed by atoms with Crippen LogP contribution in [0.4, 0.5) is 0 Å². The summed E-state index contributed by atoms with van der Waals surface area (Å²) in [5.41, 5.74) is 0. The van der Waals surface area contributed by atoms with Gasteiger partial charge in [0.2, 0.25) is 0 Å². The fraction of sp³-hybridized carbons (Fsp3) is 0. The van der Waals surface area contributed by atoms with Gasteiger partial charge >= 0.3 is 60.6 Å². The molecule has 31 valence electrons. The Bertz CT molecular complexity index is 6.00. The first kappa shape index (κ1) is 27.7. The van der Waals surface area contributed by atoms with Gasteiger partial charge in [-0.1, -0.05) is 0 Å². The van der Waals surface area contributed by atoms with Gasteiger partial charge in [-0.05, 0) is 0 Å². The summed E-state index contributed by atoms with van der Waals surface area (Å²) in [6.07, 6.45) is 0. The van der Waals surface area contributed by atoms with Crippen molar-refractivity contribution in [3.8, 4) is 0 Å². The van der Waals surface area contributed by atoms with Crippen molar-refractivity contribution < 1.29 is 60.6 Å². The van der Waals surface area contributed by atoms with Crippen LogP contribution in [0, 0.1) is 38.2 Å². The van der Waals surface area contributed by atoms with Crippen molar-refractivity contribution in [2.24, 2.45) is 0 Å². The molecule has 0 aliphatic rings. The van der Waals surface area contributed by atoms with Crippen molar-refractivity contribution in [1.82, 2.24) is 0 Å². The van der Waals surface area contributed by atoms with Crippen LogP contribution in [0.5, 0.6) is 0 Å². The molecule has 0 nitrogen and oxygen atoms in total. The third-order valence-corrected chi connectivity index (χ3v) is 0. The summed E-state index contributed by atoms with van der Waals surface area (Å²) in [4.78, 5) is 0. The molecule has 4 heavy (non-hydrogen) atoms. The summed E-state index contributed by atoms with van der Waals surface area (Å²) >= 11 is 0. The van der Waals surface area contributed by atoms with Crippen LogP contribution in [0.25, 0.3) is 0 Å². The van der Waals surface area contributed by atoms with E-state index in [9.17, 15) is 0 Å². The molecular formula is AuDySe2+2. The molecule has 0 spiro atoms. The molecule has 1 radical (unpaired) electrons. The van der Waals surface area contributed by atoms with Gasteiger partial charge in [0.1, 0.15) is 0 Å². The SMILES string of the molecule is [Au+3].[Dy+3].[Se-2].[Se-2]. The van der Waals surface area contributed by atoms with Crippen molar-refractivity contribution in [2.45, 2.75) is 0 Å². The van der Waals surface area contributed by atoms with E-state index in [2.05, 4.69) is 0 Å². The zero-order valence-electron chi connectivity index (χ0n) is 1.43. The molecule has 0 aliphatic carbocycles. The van der Waals surface area contributed by atoms with Crippen LogP contribution >= 0.6 is 0 Å². The fourth-order valence-corrected chi connectivity index (χ4v) is 0. The molecule has 0 aromatic heterocycles. The molecule has 0 aromatic rings. The van der Waals surface area contributed by atoms with E-state index in [0.717, 1.165) is 0 Å². The molecule has 0 bridgehead atoms. The van der Waals surface area contributed by atoms with Gasteiger partial charge in [0.25, 0.3) is 0 Å². The molecule has 4 heteroatoms. The van der Waals surface area contributed by atoms with Gasteiger partial charge in [-0.2, -0.15) is 0 Å². The molecule has 0 atom stereocenters. The number of hydrogen-bond acceptors (Lipinski definition) is 0. The quantitative estimate of drug-likeness (QED) is 0.371. The van der Waals surface area contributed by atoms with Crippen molar-refractivity contribution >= 4 is 34.1 Å².